The predicted molar refractivity (Wildman–Crippen MR) is 117 cm³/mol. The lowest BCUT2D eigenvalue weighted by molar-refractivity contribution is -0.119. The Morgan fingerprint density at radius 2 is 1.83 bits per heavy atom. The summed E-state index contributed by atoms with van der Waals surface area (Å²) in [5.74, 6) is 0.989. The van der Waals surface area contributed by atoms with Gasteiger partial charge in [0.05, 0.1) is 26.2 Å². The van der Waals surface area contributed by atoms with Crippen LogP contribution >= 0.6 is 23.4 Å². The van der Waals surface area contributed by atoms with E-state index >= 15 is 0 Å². The molecule has 1 amide bonds. The maximum absolute atomic E-state index is 12.4. The lowest BCUT2D eigenvalue weighted by Gasteiger charge is -2.24. The summed E-state index contributed by atoms with van der Waals surface area (Å²) in [5, 5.41) is 3.40. The molecule has 1 N–H and O–H groups in total. The highest BCUT2D eigenvalue weighted by Gasteiger charge is 2.24. The summed E-state index contributed by atoms with van der Waals surface area (Å²) in [5.41, 5.74) is 0.236. The SMILES string of the molecule is COc1ccc(OC)c(N(CC(=O)NCCSc2ccc(Cl)cc2)S(C)(=O)=O)c1. The Hall–Kier alpha value is -2.10. The molecule has 0 radical (unpaired) electrons. The van der Waals surface area contributed by atoms with Gasteiger partial charge in [-0.25, -0.2) is 8.42 Å². The lowest BCUT2D eigenvalue weighted by atomic mass is 10.2. The number of hydrogen-bond acceptors (Lipinski definition) is 6. The molecular formula is C19H23ClN2O5S2. The van der Waals surface area contributed by atoms with Gasteiger partial charge in [-0.1, -0.05) is 11.6 Å². The normalized spacial score (nSPS) is 11.0. The summed E-state index contributed by atoms with van der Waals surface area (Å²) in [7, 11) is -0.825. The van der Waals surface area contributed by atoms with Gasteiger partial charge >= 0.3 is 0 Å². The molecule has 0 aliphatic heterocycles. The molecule has 0 aliphatic carbocycles. The van der Waals surface area contributed by atoms with Crippen LogP contribution < -0.4 is 19.1 Å². The van der Waals surface area contributed by atoms with Crippen LogP contribution in [0.4, 0.5) is 5.69 Å². The predicted octanol–water partition coefficient (Wildman–Crippen LogP) is 3.03. The second-order valence-electron chi connectivity index (χ2n) is 5.96. The van der Waals surface area contributed by atoms with Gasteiger partial charge in [-0.3, -0.25) is 9.10 Å². The summed E-state index contributed by atoms with van der Waals surface area (Å²) >= 11 is 7.42. The van der Waals surface area contributed by atoms with E-state index in [9.17, 15) is 13.2 Å². The smallest absolute Gasteiger partial charge is 0.240 e. The topological polar surface area (TPSA) is 84.9 Å². The van der Waals surface area contributed by atoms with E-state index in [1.165, 1.54) is 20.3 Å². The van der Waals surface area contributed by atoms with Gasteiger partial charge in [0.2, 0.25) is 15.9 Å². The minimum Gasteiger partial charge on any atom is -0.497 e. The average Bonchev–Trinajstić information content (AvgIpc) is 2.69. The van der Waals surface area contributed by atoms with Crippen LogP contribution in [0.5, 0.6) is 11.5 Å². The number of benzene rings is 2. The zero-order chi connectivity index (χ0) is 21.4. The van der Waals surface area contributed by atoms with Crippen LogP contribution in [0.15, 0.2) is 47.4 Å². The van der Waals surface area contributed by atoms with E-state index in [0.29, 0.717) is 28.8 Å². The third kappa shape index (κ3) is 7.02. The highest BCUT2D eigenvalue weighted by Crippen LogP contribution is 2.33. The first kappa shape index (κ1) is 23.2. The van der Waals surface area contributed by atoms with E-state index in [4.69, 9.17) is 21.1 Å². The van der Waals surface area contributed by atoms with Gasteiger partial charge < -0.3 is 14.8 Å². The van der Waals surface area contributed by atoms with E-state index in [-0.39, 0.29) is 12.2 Å². The standard InChI is InChI=1S/C19H23ClN2O5S2/c1-26-15-6-9-18(27-2)17(12-15)22(29(3,24)25)13-19(23)21-10-11-28-16-7-4-14(20)5-8-16/h4-9,12H,10-11,13H2,1-3H3,(H,21,23). The Morgan fingerprint density at radius 1 is 1.14 bits per heavy atom. The first-order valence-corrected chi connectivity index (χ1v) is 11.8. The zero-order valence-corrected chi connectivity index (χ0v) is 18.7. The molecule has 10 heteroatoms. The highest BCUT2D eigenvalue weighted by atomic mass is 35.5. The minimum absolute atomic E-state index is 0.236. The number of amides is 1. The van der Waals surface area contributed by atoms with Crippen molar-refractivity contribution in [1.29, 1.82) is 0 Å². The van der Waals surface area contributed by atoms with Gasteiger partial charge in [0.15, 0.2) is 0 Å². The Bertz CT molecular complexity index is 936. The summed E-state index contributed by atoms with van der Waals surface area (Å²) in [6.45, 7) is 0.0208. The van der Waals surface area contributed by atoms with Crippen molar-refractivity contribution in [2.75, 3.05) is 43.6 Å². The van der Waals surface area contributed by atoms with Crippen molar-refractivity contribution < 1.29 is 22.7 Å². The highest BCUT2D eigenvalue weighted by molar-refractivity contribution is 7.99. The number of thioether (sulfide) groups is 1. The fourth-order valence-electron chi connectivity index (χ4n) is 2.45. The monoisotopic (exact) mass is 458 g/mol. The molecule has 0 fully saturated rings. The quantitative estimate of drug-likeness (QED) is 0.435. The summed E-state index contributed by atoms with van der Waals surface area (Å²) < 4.78 is 36.0. The van der Waals surface area contributed by atoms with E-state index in [2.05, 4.69) is 5.32 Å². The fraction of sp³-hybridized carbons (Fsp3) is 0.316. The van der Waals surface area contributed by atoms with Gasteiger partial charge in [-0.05, 0) is 36.4 Å². The molecule has 0 heterocycles. The molecule has 0 atom stereocenters. The van der Waals surface area contributed by atoms with Crippen molar-refractivity contribution in [3.8, 4) is 11.5 Å². The number of nitrogens with zero attached hydrogens (tertiary/aromatic N) is 1. The van der Waals surface area contributed by atoms with Crippen LogP contribution in [0.3, 0.4) is 0 Å². The molecule has 0 aliphatic rings. The molecule has 0 saturated carbocycles. The lowest BCUT2D eigenvalue weighted by Crippen LogP contribution is -2.41. The number of ether oxygens (including phenoxy) is 2. The molecule has 0 saturated heterocycles. The first-order chi connectivity index (χ1) is 13.7. The number of methoxy groups -OCH3 is 2. The van der Waals surface area contributed by atoms with Crippen molar-refractivity contribution in [1.82, 2.24) is 5.32 Å². The maximum atomic E-state index is 12.4. The number of nitrogens with one attached hydrogen (secondary N) is 1. The van der Waals surface area contributed by atoms with Crippen molar-refractivity contribution >= 4 is 45.0 Å². The summed E-state index contributed by atoms with van der Waals surface area (Å²) in [6.07, 6.45) is 1.04. The Labute approximate surface area is 180 Å². The number of sulfonamides is 1. The Kier molecular flexibility index (Phi) is 8.48. The van der Waals surface area contributed by atoms with Crippen LogP contribution in [0.1, 0.15) is 0 Å². The van der Waals surface area contributed by atoms with Crippen LogP contribution in [-0.2, 0) is 14.8 Å². The average molecular weight is 459 g/mol. The molecule has 7 nitrogen and oxygen atoms in total. The molecular weight excluding hydrogens is 436 g/mol. The Balaban J connectivity index is 2.01. The van der Waals surface area contributed by atoms with Crippen molar-refractivity contribution in [2.24, 2.45) is 0 Å². The molecule has 29 heavy (non-hydrogen) atoms. The van der Waals surface area contributed by atoms with E-state index < -0.39 is 15.9 Å². The third-order valence-electron chi connectivity index (χ3n) is 3.85. The van der Waals surface area contributed by atoms with E-state index in [0.717, 1.165) is 15.5 Å². The van der Waals surface area contributed by atoms with Crippen LogP contribution in [0, 0.1) is 0 Å². The van der Waals surface area contributed by atoms with Crippen LogP contribution in [0.2, 0.25) is 5.02 Å². The maximum Gasteiger partial charge on any atom is 0.240 e. The van der Waals surface area contributed by atoms with Gasteiger partial charge in [0.25, 0.3) is 0 Å². The molecule has 158 valence electrons. The van der Waals surface area contributed by atoms with E-state index in [1.807, 2.05) is 12.1 Å². The van der Waals surface area contributed by atoms with Gasteiger partial charge in [-0.15, -0.1) is 11.8 Å². The van der Waals surface area contributed by atoms with Gasteiger partial charge in [0.1, 0.15) is 18.0 Å². The summed E-state index contributed by atoms with van der Waals surface area (Å²) in [6, 6.07) is 12.2. The first-order valence-electron chi connectivity index (χ1n) is 8.59. The van der Waals surface area contributed by atoms with Crippen LogP contribution in [-0.4, -0.2) is 53.6 Å². The number of anilines is 1. The summed E-state index contributed by atoms with van der Waals surface area (Å²) in [4.78, 5) is 13.4. The number of carbonyl (C=O) groups is 1. The molecule has 0 spiro atoms. The Morgan fingerprint density at radius 3 is 2.41 bits per heavy atom. The second kappa shape index (κ2) is 10.6. The fourth-order valence-corrected chi connectivity index (χ4v) is 4.20. The van der Waals surface area contributed by atoms with Crippen LogP contribution in [0.25, 0.3) is 0 Å². The number of halogens is 1. The van der Waals surface area contributed by atoms with Gasteiger partial charge in [0, 0.05) is 28.3 Å². The molecule has 2 aromatic rings. The third-order valence-corrected chi connectivity index (χ3v) is 6.24. The number of hydrogen-bond donors (Lipinski definition) is 1. The molecule has 0 aromatic heterocycles. The van der Waals surface area contributed by atoms with Crippen molar-refractivity contribution in [2.45, 2.75) is 4.90 Å². The van der Waals surface area contributed by atoms with Crippen molar-refractivity contribution in [3.63, 3.8) is 0 Å². The molecule has 2 aromatic carbocycles. The van der Waals surface area contributed by atoms with Crippen molar-refractivity contribution in [3.05, 3.63) is 47.5 Å². The minimum atomic E-state index is -3.73. The number of carbonyl (C=O) groups excluding carboxylic acids is 1. The number of rotatable bonds is 10. The molecule has 2 rings (SSSR count). The molecule has 0 bridgehead atoms. The molecule has 0 unspecified atom stereocenters. The van der Waals surface area contributed by atoms with E-state index in [1.54, 1.807) is 36.0 Å². The van der Waals surface area contributed by atoms with Gasteiger partial charge in [-0.2, -0.15) is 0 Å². The second-order valence-corrected chi connectivity index (χ2v) is 9.47. The largest absolute Gasteiger partial charge is 0.497 e. The zero-order valence-electron chi connectivity index (χ0n) is 16.3.